The molecule has 5 rings (SSSR count). The van der Waals surface area contributed by atoms with Gasteiger partial charge in [0.1, 0.15) is 29.8 Å². The van der Waals surface area contributed by atoms with Crippen LogP contribution in [0.25, 0.3) is 0 Å². The van der Waals surface area contributed by atoms with E-state index in [1.807, 2.05) is 25.2 Å². The number of allylic oxidation sites excluding steroid dienone is 4. The SMILES string of the molecule is CC[C@H]1O[C@]2(CC[C@@H]1C)C[C@@H]1C[C@H](C/C=C(\C)C[C@@H](C)/C=C/C=C3\CO[C@@H]4[C@@H](OC)C(C)=C[C@H](C(=O)O1)[C@@]34O)O2. The fourth-order valence-corrected chi connectivity index (χ4v) is 7.52. The molecule has 7 nitrogen and oxygen atoms in total. The minimum Gasteiger partial charge on any atom is -0.462 e. The maximum atomic E-state index is 14.0. The second kappa shape index (κ2) is 11.8. The molecule has 7 heteroatoms. The van der Waals surface area contributed by atoms with Gasteiger partial charge in [-0.2, -0.15) is 0 Å². The molecular formula is C33H48O7. The van der Waals surface area contributed by atoms with Gasteiger partial charge in [0.25, 0.3) is 0 Å². The van der Waals surface area contributed by atoms with E-state index in [1.54, 1.807) is 7.11 Å². The summed E-state index contributed by atoms with van der Waals surface area (Å²) in [6, 6.07) is 0. The minimum atomic E-state index is -1.55. The van der Waals surface area contributed by atoms with Gasteiger partial charge in [-0.05, 0) is 62.5 Å². The van der Waals surface area contributed by atoms with Crippen molar-refractivity contribution >= 4 is 5.97 Å². The number of methoxy groups -OCH3 is 1. The summed E-state index contributed by atoms with van der Waals surface area (Å²) in [5.41, 5.74) is 1.28. The van der Waals surface area contributed by atoms with Crippen LogP contribution >= 0.6 is 0 Å². The lowest BCUT2D eigenvalue weighted by Crippen LogP contribution is -2.58. The Labute approximate surface area is 239 Å². The number of ether oxygens (including phenoxy) is 5. The van der Waals surface area contributed by atoms with Crippen molar-refractivity contribution in [2.75, 3.05) is 13.7 Å². The van der Waals surface area contributed by atoms with Crippen molar-refractivity contribution in [3.63, 3.8) is 0 Å². The lowest BCUT2D eigenvalue weighted by atomic mass is 9.70. The Bertz CT molecular complexity index is 1070. The fraction of sp³-hybridized carbons (Fsp3) is 0.727. The molecule has 4 aliphatic heterocycles. The van der Waals surface area contributed by atoms with Crippen LogP contribution in [0.1, 0.15) is 79.6 Å². The predicted molar refractivity (Wildman–Crippen MR) is 152 cm³/mol. The summed E-state index contributed by atoms with van der Waals surface area (Å²) in [7, 11) is 1.61. The number of hydrogen-bond donors (Lipinski definition) is 1. The van der Waals surface area contributed by atoms with E-state index >= 15 is 0 Å². The molecule has 0 amide bonds. The van der Waals surface area contributed by atoms with Crippen LogP contribution in [-0.4, -0.2) is 66.7 Å². The van der Waals surface area contributed by atoms with Gasteiger partial charge in [-0.1, -0.05) is 56.7 Å². The van der Waals surface area contributed by atoms with Crippen LogP contribution in [0.4, 0.5) is 0 Å². The first-order valence-corrected chi connectivity index (χ1v) is 15.2. The summed E-state index contributed by atoms with van der Waals surface area (Å²) in [6.45, 7) is 10.9. The summed E-state index contributed by atoms with van der Waals surface area (Å²) in [5.74, 6) is -1.32. The number of aliphatic hydroxyl groups is 1. The molecule has 0 saturated carbocycles. The Hall–Kier alpha value is -1.77. The molecule has 0 aromatic carbocycles. The van der Waals surface area contributed by atoms with Gasteiger partial charge in [0, 0.05) is 26.4 Å². The second-order valence-electron chi connectivity index (χ2n) is 12.9. The van der Waals surface area contributed by atoms with Crippen molar-refractivity contribution < 1.29 is 33.6 Å². The molecule has 3 saturated heterocycles. The molecule has 1 N–H and O–H groups in total. The minimum absolute atomic E-state index is 0.117. The van der Waals surface area contributed by atoms with Crippen molar-refractivity contribution in [1.29, 1.82) is 0 Å². The summed E-state index contributed by atoms with van der Waals surface area (Å²) in [6.07, 6.45) is 14.1. The molecule has 10 atom stereocenters. The van der Waals surface area contributed by atoms with Crippen LogP contribution in [0, 0.1) is 17.8 Å². The van der Waals surface area contributed by atoms with E-state index in [0.717, 1.165) is 37.7 Å². The Morgan fingerprint density at radius 3 is 2.73 bits per heavy atom. The van der Waals surface area contributed by atoms with Gasteiger partial charge in [0.15, 0.2) is 5.79 Å². The second-order valence-corrected chi connectivity index (χ2v) is 12.9. The van der Waals surface area contributed by atoms with Crippen LogP contribution < -0.4 is 0 Å². The summed E-state index contributed by atoms with van der Waals surface area (Å²) >= 11 is 0. The third-order valence-electron chi connectivity index (χ3n) is 9.72. The first kappa shape index (κ1) is 29.7. The normalized spacial score (nSPS) is 47.8. The highest BCUT2D eigenvalue weighted by atomic mass is 16.7. The van der Waals surface area contributed by atoms with Gasteiger partial charge in [-0.15, -0.1) is 0 Å². The molecule has 0 aromatic heterocycles. The number of hydrogen-bond acceptors (Lipinski definition) is 7. The van der Waals surface area contributed by atoms with E-state index in [4.69, 9.17) is 23.7 Å². The Morgan fingerprint density at radius 2 is 1.98 bits per heavy atom. The average Bonchev–Trinajstić information content (AvgIpc) is 3.24. The first-order chi connectivity index (χ1) is 19.1. The Kier molecular flexibility index (Phi) is 8.80. The van der Waals surface area contributed by atoms with Crippen LogP contribution in [0.15, 0.2) is 47.1 Å². The molecule has 1 aliphatic carbocycles. The highest BCUT2D eigenvalue weighted by Crippen LogP contribution is 2.48. The lowest BCUT2D eigenvalue weighted by molar-refractivity contribution is -0.335. The predicted octanol–water partition coefficient (Wildman–Crippen LogP) is 5.58. The number of carbonyl (C=O) groups excluding carboxylic acids is 1. The van der Waals surface area contributed by atoms with Gasteiger partial charge in [-0.3, -0.25) is 4.79 Å². The standard InChI is InChI=1S/C33H48O7/c1-7-28-22(4)13-14-32(40-28)18-26-17-25(39-32)12-11-21(3)15-20(2)9-8-10-24-19-37-30-29(36-6)23(5)16-27(31(34)38-26)33(24,30)35/h8-11,16,20,22,25-30,35H,7,12-15,17-19H2,1-6H3/b9-8+,21-11+,24-10+/t20-,22-,25-,26-,27+,28+,29-,30+,32+,33-/m0/s1. The van der Waals surface area contributed by atoms with Crippen molar-refractivity contribution in [2.24, 2.45) is 17.8 Å². The monoisotopic (exact) mass is 556 g/mol. The maximum absolute atomic E-state index is 14.0. The lowest BCUT2D eigenvalue weighted by Gasteiger charge is -2.50. The zero-order valence-electron chi connectivity index (χ0n) is 25.1. The topological polar surface area (TPSA) is 83.5 Å². The van der Waals surface area contributed by atoms with Crippen LogP contribution in [-0.2, 0) is 28.5 Å². The number of esters is 1. The van der Waals surface area contributed by atoms with E-state index < -0.39 is 35.5 Å². The third-order valence-corrected chi connectivity index (χ3v) is 9.72. The molecule has 0 unspecified atom stereocenters. The van der Waals surface area contributed by atoms with E-state index in [0.29, 0.717) is 30.3 Å². The quantitative estimate of drug-likeness (QED) is 0.351. The van der Waals surface area contributed by atoms with Crippen molar-refractivity contribution in [3.05, 3.63) is 47.1 Å². The molecule has 1 spiro atoms. The molecule has 4 heterocycles. The molecule has 0 radical (unpaired) electrons. The zero-order chi connectivity index (χ0) is 28.7. The average molecular weight is 557 g/mol. The Morgan fingerprint density at radius 1 is 1.18 bits per heavy atom. The van der Waals surface area contributed by atoms with Crippen molar-refractivity contribution in [1.82, 2.24) is 0 Å². The van der Waals surface area contributed by atoms with Gasteiger partial charge < -0.3 is 28.8 Å². The molecule has 40 heavy (non-hydrogen) atoms. The summed E-state index contributed by atoms with van der Waals surface area (Å²) in [5, 5.41) is 12.3. The van der Waals surface area contributed by atoms with Crippen molar-refractivity contribution in [2.45, 2.75) is 121 Å². The van der Waals surface area contributed by atoms with Crippen molar-refractivity contribution in [3.8, 4) is 0 Å². The smallest absolute Gasteiger partial charge is 0.316 e. The molecule has 222 valence electrons. The summed E-state index contributed by atoms with van der Waals surface area (Å²) < 4.78 is 31.5. The molecule has 2 bridgehead atoms. The van der Waals surface area contributed by atoms with E-state index in [9.17, 15) is 9.90 Å². The number of carbonyl (C=O) groups is 1. The fourth-order valence-electron chi connectivity index (χ4n) is 7.52. The van der Waals surface area contributed by atoms with E-state index in [1.165, 1.54) is 5.57 Å². The molecule has 0 aromatic rings. The van der Waals surface area contributed by atoms with Gasteiger partial charge in [0.2, 0.25) is 0 Å². The maximum Gasteiger partial charge on any atom is 0.316 e. The van der Waals surface area contributed by atoms with Gasteiger partial charge >= 0.3 is 5.97 Å². The number of rotatable bonds is 2. The largest absolute Gasteiger partial charge is 0.462 e. The first-order valence-electron chi connectivity index (χ1n) is 15.2. The molecule has 5 aliphatic rings. The molecule has 3 fully saturated rings. The van der Waals surface area contributed by atoms with Gasteiger partial charge in [0.05, 0.1) is 18.8 Å². The third kappa shape index (κ3) is 5.65. The van der Waals surface area contributed by atoms with Gasteiger partial charge in [-0.25, -0.2) is 0 Å². The van der Waals surface area contributed by atoms with Crippen LogP contribution in [0.3, 0.4) is 0 Å². The zero-order valence-corrected chi connectivity index (χ0v) is 25.1. The summed E-state index contributed by atoms with van der Waals surface area (Å²) in [4.78, 5) is 14.0. The van der Waals surface area contributed by atoms with Crippen LogP contribution in [0.2, 0.25) is 0 Å². The van der Waals surface area contributed by atoms with E-state index in [2.05, 4.69) is 39.8 Å². The highest BCUT2D eigenvalue weighted by Gasteiger charge is 2.60. The Balaban J connectivity index is 1.52. The molecular weight excluding hydrogens is 508 g/mol. The van der Waals surface area contributed by atoms with Crippen LogP contribution in [0.5, 0.6) is 0 Å². The highest BCUT2D eigenvalue weighted by molar-refractivity contribution is 5.78. The number of fused-ring (bicyclic) bond motifs is 2. The van der Waals surface area contributed by atoms with E-state index in [-0.39, 0.29) is 24.9 Å².